The van der Waals surface area contributed by atoms with E-state index < -0.39 is 0 Å². The Morgan fingerprint density at radius 1 is 1.33 bits per heavy atom. The molecule has 4 heteroatoms. The van der Waals surface area contributed by atoms with E-state index >= 15 is 0 Å². The number of hydrogen-bond acceptors (Lipinski definition) is 4. The molecule has 2 rings (SSSR count). The van der Waals surface area contributed by atoms with Crippen molar-refractivity contribution in [1.82, 2.24) is 5.01 Å². The zero-order chi connectivity index (χ0) is 12.8. The number of piperidine rings is 1. The number of benzene rings is 1. The highest BCUT2D eigenvalue weighted by Gasteiger charge is 2.07. The molecule has 98 valence electrons. The Balaban J connectivity index is 2.01. The highest BCUT2D eigenvalue weighted by molar-refractivity contribution is 5.83. The Morgan fingerprint density at radius 3 is 2.78 bits per heavy atom. The SMILES string of the molecule is CCOc1ccc(C=NN2CCCCC2)c(O)c1. The fraction of sp³-hybridized carbons (Fsp3) is 0.500. The van der Waals surface area contributed by atoms with Gasteiger partial charge in [0.15, 0.2) is 0 Å². The third kappa shape index (κ3) is 3.39. The largest absolute Gasteiger partial charge is 0.507 e. The van der Waals surface area contributed by atoms with E-state index in [0.717, 1.165) is 18.7 Å². The number of aromatic hydroxyl groups is 1. The quantitative estimate of drug-likeness (QED) is 0.833. The van der Waals surface area contributed by atoms with Crippen LogP contribution in [0.15, 0.2) is 23.3 Å². The summed E-state index contributed by atoms with van der Waals surface area (Å²) in [6.45, 7) is 4.53. The van der Waals surface area contributed by atoms with Gasteiger partial charge in [-0.2, -0.15) is 5.10 Å². The van der Waals surface area contributed by atoms with E-state index in [1.807, 2.05) is 19.1 Å². The third-order valence-electron chi connectivity index (χ3n) is 3.01. The molecule has 18 heavy (non-hydrogen) atoms. The predicted molar refractivity (Wildman–Crippen MR) is 72.3 cm³/mol. The van der Waals surface area contributed by atoms with Gasteiger partial charge in [0.2, 0.25) is 0 Å². The van der Waals surface area contributed by atoms with E-state index in [-0.39, 0.29) is 5.75 Å². The Hall–Kier alpha value is -1.71. The van der Waals surface area contributed by atoms with Crippen molar-refractivity contribution in [2.75, 3.05) is 19.7 Å². The van der Waals surface area contributed by atoms with Gasteiger partial charge < -0.3 is 9.84 Å². The molecule has 4 nitrogen and oxygen atoms in total. The van der Waals surface area contributed by atoms with Gasteiger partial charge in [-0.3, -0.25) is 5.01 Å². The van der Waals surface area contributed by atoms with Crippen molar-refractivity contribution in [3.8, 4) is 11.5 Å². The predicted octanol–water partition coefficient (Wildman–Crippen LogP) is 2.61. The van der Waals surface area contributed by atoms with Crippen molar-refractivity contribution in [3.63, 3.8) is 0 Å². The number of rotatable bonds is 4. The van der Waals surface area contributed by atoms with Gasteiger partial charge in [-0.1, -0.05) is 0 Å². The molecule has 0 aliphatic carbocycles. The summed E-state index contributed by atoms with van der Waals surface area (Å²) in [5.74, 6) is 0.895. The van der Waals surface area contributed by atoms with Gasteiger partial charge in [0.05, 0.1) is 12.8 Å². The second-order valence-electron chi connectivity index (χ2n) is 4.41. The van der Waals surface area contributed by atoms with Crippen molar-refractivity contribution in [2.45, 2.75) is 26.2 Å². The second kappa shape index (κ2) is 6.28. The second-order valence-corrected chi connectivity index (χ2v) is 4.41. The first kappa shape index (κ1) is 12.7. The van der Waals surface area contributed by atoms with Crippen LogP contribution in [0, 0.1) is 0 Å². The molecule has 0 unspecified atom stereocenters. The van der Waals surface area contributed by atoms with Crippen LogP contribution in [0.1, 0.15) is 31.7 Å². The molecule has 1 aliphatic rings. The highest BCUT2D eigenvalue weighted by Crippen LogP contribution is 2.22. The van der Waals surface area contributed by atoms with Crippen LogP contribution in [-0.4, -0.2) is 36.0 Å². The van der Waals surface area contributed by atoms with E-state index in [1.165, 1.54) is 19.3 Å². The van der Waals surface area contributed by atoms with E-state index in [2.05, 4.69) is 10.1 Å². The standard InChI is InChI=1S/C14H20N2O2/c1-2-18-13-7-6-12(14(17)10-13)11-15-16-8-4-3-5-9-16/h6-7,10-11,17H,2-5,8-9H2,1H3. The molecule has 1 aromatic carbocycles. The minimum absolute atomic E-state index is 0.210. The van der Waals surface area contributed by atoms with Gasteiger partial charge in [-0.05, 0) is 38.3 Å². The molecule has 0 bridgehead atoms. The van der Waals surface area contributed by atoms with E-state index in [1.54, 1.807) is 12.3 Å². The summed E-state index contributed by atoms with van der Waals surface area (Å²) < 4.78 is 5.32. The molecule has 0 atom stereocenters. The van der Waals surface area contributed by atoms with Gasteiger partial charge in [0, 0.05) is 24.7 Å². The normalized spacial score (nSPS) is 16.2. The van der Waals surface area contributed by atoms with E-state index in [4.69, 9.17) is 4.74 Å². The molecule has 0 amide bonds. The van der Waals surface area contributed by atoms with Crippen LogP contribution in [0.25, 0.3) is 0 Å². The smallest absolute Gasteiger partial charge is 0.128 e. The zero-order valence-corrected chi connectivity index (χ0v) is 10.8. The van der Waals surface area contributed by atoms with Crippen LogP contribution in [0.5, 0.6) is 11.5 Å². The maximum absolute atomic E-state index is 9.86. The Morgan fingerprint density at radius 2 is 2.11 bits per heavy atom. The first-order valence-corrected chi connectivity index (χ1v) is 6.54. The van der Waals surface area contributed by atoms with Gasteiger partial charge >= 0.3 is 0 Å². The molecule has 1 aliphatic heterocycles. The first-order chi connectivity index (χ1) is 8.79. The summed E-state index contributed by atoms with van der Waals surface area (Å²) in [5.41, 5.74) is 0.726. The third-order valence-corrected chi connectivity index (χ3v) is 3.01. The lowest BCUT2D eigenvalue weighted by atomic mass is 10.2. The molecule has 0 radical (unpaired) electrons. The lowest BCUT2D eigenvalue weighted by Crippen LogP contribution is -2.24. The lowest BCUT2D eigenvalue weighted by molar-refractivity contribution is 0.240. The number of phenolic OH excluding ortho intramolecular Hbond substituents is 1. The number of hydrazone groups is 1. The molecular weight excluding hydrogens is 228 g/mol. The first-order valence-electron chi connectivity index (χ1n) is 6.54. The van der Waals surface area contributed by atoms with E-state index in [0.29, 0.717) is 12.4 Å². The summed E-state index contributed by atoms with van der Waals surface area (Å²) in [5, 5.41) is 16.3. The molecule has 0 saturated carbocycles. The number of hydrogen-bond donors (Lipinski definition) is 1. The molecule has 1 aromatic rings. The van der Waals surface area contributed by atoms with Crippen LogP contribution in [-0.2, 0) is 0 Å². The van der Waals surface area contributed by atoms with Crippen molar-refractivity contribution in [2.24, 2.45) is 5.10 Å². The Labute approximate surface area is 108 Å². The molecule has 1 N–H and O–H groups in total. The Bertz CT molecular complexity index is 412. The average molecular weight is 248 g/mol. The maximum Gasteiger partial charge on any atom is 0.128 e. The molecule has 1 saturated heterocycles. The minimum Gasteiger partial charge on any atom is -0.507 e. The number of phenols is 1. The van der Waals surface area contributed by atoms with Gasteiger partial charge in [-0.25, -0.2) is 0 Å². The minimum atomic E-state index is 0.210. The van der Waals surface area contributed by atoms with Crippen molar-refractivity contribution in [1.29, 1.82) is 0 Å². The molecule has 0 aromatic heterocycles. The van der Waals surface area contributed by atoms with Crippen molar-refractivity contribution in [3.05, 3.63) is 23.8 Å². The maximum atomic E-state index is 9.86. The summed E-state index contributed by atoms with van der Waals surface area (Å²) >= 11 is 0. The number of ether oxygens (including phenoxy) is 1. The number of nitrogens with zero attached hydrogens (tertiary/aromatic N) is 2. The molecule has 1 heterocycles. The summed E-state index contributed by atoms with van der Waals surface area (Å²) in [7, 11) is 0. The van der Waals surface area contributed by atoms with Crippen molar-refractivity contribution >= 4 is 6.21 Å². The van der Waals surface area contributed by atoms with Crippen molar-refractivity contribution < 1.29 is 9.84 Å². The van der Waals surface area contributed by atoms with Gasteiger partial charge in [0.25, 0.3) is 0 Å². The molecular formula is C14H20N2O2. The monoisotopic (exact) mass is 248 g/mol. The van der Waals surface area contributed by atoms with Crippen LogP contribution in [0.4, 0.5) is 0 Å². The molecule has 1 fully saturated rings. The Kier molecular flexibility index (Phi) is 4.45. The summed E-state index contributed by atoms with van der Waals surface area (Å²) in [6, 6.07) is 5.30. The fourth-order valence-electron chi connectivity index (χ4n) is 2.03. The van der Waals surface area contributed by atoms with E-state index in [9.17, 15) is 5.11 Å². The van der Waals surface area contributed by atoms with Crippen LogP contribution in [0.2, 0.25) is 0 Å². The lowest BCUT2D eigenvalue weighted by Gasteiger charge is -2.23. The molecule has 0 spiro atoms. The summed E-state index contributed by atoms with van der Waals surface area (Å²) in [4.78, 5) is 0. The van der Waals surface area contributed by atoms with Crippen LogP contribution >= 0.6 is 0 Å². The van der Waals surface area contributed by atoms with Gasteiger partial charge in [0.1, 0.15) is 11.5 Å². The highest BCUT2D eigenvalue weighted by atomic mass is 16.5. The van der Waals surface area contributed by atoms with Crippen LogP contribution < -0.4 is 4.74 Å². The van der Waals surface area contributed by atoms with Crippen LogP contribution in [0.3, 0.4) is 0 Å². The summed E-state index contributed by atoms with van der Waals surface area (Å²) in [6.07, 6.45) is 5.41. The zero-order valence-electron chi connectivity index (χ0n) is 10.8. The van der Waals surface area contributed by atoms with Gasteiger partial charge in [-0.15, -0.1) is 0 Å². The average Bonchev–Trinajstić information content (AvgIpc) is 2.39. The fourth-order valence-corrected chi connectivity index (χ4v) is 2.03. The topological polar surface area (TPSA) is 45.1 Å².